The number of aromatic nitrogens is 1. The average molecular weight is 265 g/mol. The molecule has 4 atom stereocenters. The molecule has 1 aromatic carbocycles. The van der Waals surface area contributed by atoms with Gasteiger partial charge < -0.3 is 5.11 Å². The Morgan fingerprint density at radius 1 is 1.20 bits per heavy atom. The summed E-state index contributed by atoms with van der Waals surface area (Å²) in [6, 6.07) is 12.7. The third-order valence-electron chi connectivity index (χ3n) is 5.03. The van der Waals surface area contributed by atoms with Gasteiger partial charge in [0.05, 0.1) is 6.10 Å². The smallest absolute Gasteiger partial charge is 0.0841 e. The highest BCUT2D eigenvalue weighted by atomic mass is 16.3. The van der Waals surface area contributed by atoms with E-state index in [1.165, 1.54) is 17.5 Å². The average Bonchev–Trinajstić information content (AvgIpc) is 3.22. The molecule has 2 nitrogen and oxygen atoms in total. The highest BCUT2D eigenvalue weighted by Gasteiger charge is 2.56. The molecule has 102 valence electrons. The van der Waals surface area contributed by atoms with Gasteiger partial charge in [0.1, 0.15) is 0 Å². The second kappa shape index (κ2) is 4.42. The number of pyridine rings is 1. The summed E-state index contributed by atoms with van der Waals surface area (Å²) >= 11 is 0. The molecule has 1 fully saturated rings. The van der Waals surface area contributed by atoms with Gasteiger partial charge in [-0.3, -0.25) is 4.98 Å². The molecule has 4 unspecified atom stereocenters. The van der Waals surface area contributed by atoms with Crippen LogP contribution in [0.2, 0.25) is 0 Å². The third-order valence-corrected chi connectivity index (χ3v) is 5.03. The second-order valence-corrected chi connectivity index (χ2v) is 6.18. The van der Waals surface area contributed by atoms with Crippen LogP contribution in [0.1, 0.15) is 40.8 Å². The summed E-state index contributed by atoms with van der Waals surface area (Å²) in [5, 5.41) is 10.7. The van der Waals surface area contributed by atoms with Gasteiger partial charge in [0.2, 0.25) is 0 Å². The molecule has 0 aliphatic heterocycles. The molecule has 1 heterocycles. The number of nitrogens with zero attached hydrogens (tertiary/aromatic N) is 1. The van der Waals surface area contributed by atoms with Crippen LogP contribution >= 0.6 is 0 Å². The van der Waals surface area contributed by atoms with Crippen molar-refractivity contribution in [3.05, 3.63) is 65.0 Å². The zero-order valence-electron chi connectivity index (χ0n) is 11.7. The number of fused-ring (bicyclic) bond motifs is 3. The molecule has 0 amide bonds. The number of aliphatic hydroxyl groups excluding tert-OH is 1. The molecule has 1 aromatic heterocycles. The van der Waals surface area contributed by atoms with Gasteiger partial charge in [-0.2, -0.15) is 0 Å². The van der Waals surface area contributed by atoms with E-state index in [1.807, 2.05) is 25.3 Å². The van der Waals surface area contributed by atoms with E-state index in [9.17, 15) is 5.11 Å². The lowest BCUT2D eigenvalue weighted by Crippen LogP contribution is -2.03. The maximum atomic E-state index is 10.7. The minimum absolute atomic E-state index is 0.371. The van der Waals surface area contributed by atoms with Gasteiger partial charge in [0.25, 0.3) is 0 Å². The third kappa shape index (κ3) is 1.79. The molecule has 4 rings (SSSR count). The lowest BCUT2D eigenvalue weighted by molar-refractivity contribution is 0.144. The van der Waals surface area contributed by atoms with Crippen molar-refractivity contribution in [1.29, 1.82) is 0 Å². The van der Waals surface area contributed by atoms with Crippen LogP contribution < -0.4 is 0 Å². The lowest BCUT2D eigenvalue weighted by Gasteiger charge is -2.13. The molecule has 2 heteroatoms. The van der Waals surface area contributed by atoms with E-state index in [0.29, 0.717) is 17.8 Å². The standard InChI is InChI=1S/C18H19NO/c1-11-6-7-13(10-19-11)18(20)17-15-9-8-12-4-2-3-5-14(12)16(15)17/h2-7,10,15-18,20H,8-9H2,1H3. The summed E-state index contributed by atoms with van der Waals surface area (Å²) in [6.45, 7) is 1.98. The van der Waals surface area contributed by atoms with Crippen LogP contribution in [-0.4, -0.2) is 10.1 Å². The Bertz CT molecular complexity index is 634. The molecular formula is C18H19NO. The summed E-state index contributed by atoms with van der Waals surface area (Å²) < 4.78 is 0. The fourth-order valence-corrected chi connectivity index (χ4v) is 3.93. The van der Waals surface area contributed by atoms with Crippen LogP contribution in [0.3, 0.4) is 0 Å². The Morgan fingerprint density at radius 3 is 2.85 bits per heavy atom. The van der Waals surface area contributed by atoms with Crippen LogP contribution in [0.4, 0.5) is 0 Å². The van der Waals surface area contributed by atoms with E-state index in [0.717, 1.165) is 17.7 Å². The minimum Gasteiger partial charge on any atom is -0.388 e. The van der Waals surface area contributed by atoms with Gasteiger partial charge in [-0.25, -0.2) is 0 Å². The molecule has 20 heavy (non-hydrogen) atoms. The highest BCUT2D eigenvalue weighted by molar-refractivity contribution is 5.40. The molecule has 0 bridgehead atoms. The van der Waals surface area contributed by atoms with Crippen LogP contribution in [0.15, 0.2) is 42.6 Å². The summed E-state index contributed by atoms with van der Waals surface area (Å²) in [4.78, 5) is 4.31. The molecule has 2 aliphatic carbocycles. The number of hydrogen-bond donors (Lipinski definition) is 1. The van der Waals surface area contributed by atoms with Crippen LogP contribution in [0.25, 0.3) is 0 Å². The summed E-state index contributed by atoms with van der Waals surface area (Å²) in [6.07, 6.45) is 3.83. The number of hydrogen-bond acceptors (Lipinski definition) is 2. The predicted molar refractivity (Wildman–Crippen MR) is 78.4 cm³/mol. The summed E-state index contributed by atoms with van der Waals surface area (Å²) in [5.74, 6) is 1.58. The van der Waals surface area contributed by atoms with E-state index in [4.69, 9.17) is 0 Å². The van der Waals surface area contributed by atoms with Crippen molar-refractivity contribution in [2.24, 2.45) is 11.8 Å². The summed E-state index contributed by atoms with van der Waals surface area (Å²) in [7, 11) is 0. The SMILES string of the molecule is Cc1ccc(C(O)C2C3CCc4ccccc4C32)cn1. The first-order valence-corrected chi connectivity index (χ1v) is 7.44. The van der Waals surface area contributed by atoms with Crippen molar-refractivity contribution in [3.63, 3.8) is 0 Å². The van der Waals surface area contributed by atoms with E-state index in [2.05, 4.69) is 29.2 Å². The topological polar surface area (TPSA) is 33.1 Å². The van der Waals surface area contributed by atoms with Gasteiger partial charge in [0, 0.05) is 11.9 Å². The highest BCUT2D eigenvalue weighted by Crippen LogP contribution is 2.64. The predicted octanol–water partition coefficient (Wildman–Crippen LogP) is 3.40. The van der Waals surface area contributed by atoms with Crippen molar-refractivity contribution in [2.75, 3.05) is 0 Å². The maximum absolute atomic E-state index is 10.7. The van der Waals surface area contributed by atoms with Gasteiger partial charge >= 0.3 is 0 Å². The van der Waals surface area contributed by atoms with E-state index in [-0.39, 0.29) is 6.10 Å². The van der Waals surface area contributed by atoms with Gasteiger partial charge in [-0.05, 0) is 60.3 Å². The molecule has 2 aromatic rings. The number of aliphatic hydroxyl groups is 1. The largest absolute Gasteiger partial charge is 0.388 e. The van der Waals surface area contributed by atoms with E-state index < -0.39 is 0 Å². The zero-order chi connectivity index (χ0) is 13.7. The van der Waals surface area contributed by atoms with Crippen LogP contribution in [0, 0.1) is 18.8 Å². The van der Waals surface area contributed by atoms with E-state index >= 15 is 0 Å². The second-order valence-electron chi connectivity index (χ2n) is 6.18. The van der Waals surface area contributed by atoms with Crippen LogP contribution in [-0.2, 0) is 6.42 Å². The van der Waals surface area contributed by atoms with Crippen molar-refractivity contribution >= 4 is 0 Å². The molecular weight excluding hydrogens is 246 g/mol. The van der Waals surface area contributed by atoms with Gasteiger partial charge in [-0.1, -0.05) is 30.3 Å². The molecule has 2 aliphatic rings. The molecule has 1 N–H and O–H groups in total. The monoisotopic (exact) mass is 265 g/mol. The maximum Gasteiger partial charge on any atom is 0.0841 e. The molecule has 0 radical (unpaired) electrons. The Labute approximate surface area is 119 Å². The zero-order valence-corrected chi connectivity index (χ0v) is 11.7. The minimum atomic E-state index is -0.371. The van der Waals surface area contributed by atoms with Gasteiger partial charge in [-0.15, -0.1) is 0 Å². The van der Waals surface area contributed by atoms with Gasteiger partial charge in [0.15, 0.2) is 0 Å². The number of benzene rings is 1. The van der Waals surface area contributed by atoms with Crippen molar-refractivity contribution in [1.82, 2.24) is 4.98 Å². The molecule has 1 saturated carbocycles. The number of aryl methyl sites for hydroxylation is 2. The van der Waals surface area contributed by atoms with Crippen LogP contribution in [0.5, 0.6) is 0 Å². The Hall–Kier alpha value is -1.67. The fourth-order valence-electron chi connectivity index (χ4n) is 3.93. The molecule has 0 saturated heterocycles. The fraction of sp³-hybridized carbons (Fsp3) is 0.389. The first-order chi connectivity index (χ1) is 9.75. The lowest BCUT2D eigenvalue weighted by atomic mass is 9.92. The molecule has 0 spiro atoms. The normalized spacial score (nSPS) is 28.4. The first-order valence-electron chi connectivity index (χ1n) is 7.44. The number of rotatable bonds is 2. The summed E-state index contributed by atoms with van der Waals surface area (Å²) in [5.41, 5.74) is 4.91. The quantitative estimate of drug-likeness (QED) is 0.902. The Balaban J connectivity index is 1.62. The first kappa shape index (κ1) is 12.1. The Kier molecular flexibility index (Phi) is 2.67. The van der Waals surface area contributed by atoms with Crippen molar-refractivity contribution < 1.29 is 5.11 Å². The van der Waals surface area contributed by atoms with Crippen molar-refractivity contribution in [2.45, 2.75) is 31.8 Å². The van der Waals surface area contributed by atoms with Crippen molar-refractivity contribution in [3.8, 4) is 0 Å². The Morgan fingerprint density at radius 2 is 2.05 bits per heavy atom. The van der Waals surface area contributed by atoms with E-state index in [1.54, 1.807) is 0 Å².